The summed E-state index contributed by atoms with van der Waals surface area (Å²) >= 11 is 0. The zero-order valence-electron chi connectivity index (χ0n) is 11.4. The zero-order valence-corrected chi connectivity index (χ0v) is 11.4. The summed E-state index contributed by atoms with van der Waals surface area (Å²) in [6, 6.07) is 11.6. The van der Waals surface area contributed by atoms with Crippen LogP contribution in [0.4, 0.5) is 10.1 Å². The highest BCUT2D eigenvalue weighted by Gasteiger charge is 2.12. The smallest absolute Gasteiger partial charge is 0.258 e. The number of aryl methyl sites for hydroxylation is 1. The predicted octanol–water partition coefficient (Wildman–Crippen LogP) is 3.65. The minimum Gasteiger partial charge on any atom is -0.497 e. The molecule has 0 heterocycles. The Morgan fingerprint density at radius 2 is 1.90 bits per heavy atom. The number of ether oxygens (including phenoxy) is 1. The molecule has 0 aromatic heterocycles. The summed E-state index contributed by atoms with van der Waals surface area (Å²) in [6.07, 6.45) is 0.932. The summed E-state index contributed by atoms with van der Waals surface area (Å²) < 4.78 is 18.7. The van der Waals surface area contributed by atoms with E-state index in [0.29, 0.717) is 11.4 Å². The maximum absolute atomic E-state index is 13.8. The van der Waals surface area contributed by atoms with Crippen molar-refractivity contribution >= 4 is 11.6 Å². The first-order valence-electron chi connectivity index (χ1n) is 6.38. The van der Waals surface area contributed by atoms with Crippen molar-refractivity contribution < 1.29 is 13.9 Å². The zero-order chi connectivity index (χ0) is 14.5. The summed E-state index contributed by atoms with van der Waals surface area (Å²) in [5.41, 5.74) is 1.81. The number of carbonyl (C=O) groups excluding carboxylic acids is 1. The third-order valence-corrected chi connectivity index (χ3v) is 3.04. The summed E-state index contributed by atoms with van der Waals surface area (Å²) in [5.74, 6) is -0.701. The van der Waals surface area contributed by atoms with E-state index in [0.717, 1.165) is 6.42 Å². The van der Waals surface area contributed by atoms with Crippen LogP contribution in [-0.2, 0) is 6.42 Å². The van der Waals surface area contributed by atoms with Gasteiger partial charge in [-0.3, -0.25) is 4.79 Å². The van der Waals surface area contributed by atoms with Crippen molar-refractivity contribution in [2.24, 2.45) is 0 Å². The standard InChI is InChI=1S/C16H16FNO2/c1-3-11-4-6-12(7-5-11)18-16(19)14-9-8-13(20-2)10-15(14)17/h4-10H,3H2,1-2H3,(H,18,19). The van der Waals surface area contributed by atoms with E-state index in [2.05, 4.69) is 12.2 Å². The number of carbonyl (C=O) groups is 1. The highest BCUT2D eigenvalue weighted by atomic mass is 19.1. The Morgan fingerprint density at radius 1 is 1.20 bits per heavy atom. The van der Waals surface area contributed by atoms with E-state index in [-0.39, 0.29) is 5.56 Å². The molecule has 0 atom stereocenters. The van der Waals surface area contributed by atoms with E-state index in [9.17, 15) is 9.18 Å². The number of amides is 1. The van der Waals surface area contributed by atoms with Crippen LogP contribution in [0.2, 0.25) is 0 Å². The fourth-order valence-corrected chi connectivity index (χ4v) is 1.83. The van der Waals surface area contributed by atoms with Crippen LogP contribution < -0.4 is 10.1 Å². The number of rotatable bonds is 4. The van der Waals surface area contributed by atoms with Gasteiger partial charge < -0.3 is 10.1 Å². The SMILES string of the molecule is CCc1ccc(NC(=O)c2ccc(OC)cc2F)cc1. The van der Waals surface area contributed by atoms with Crippen molar-refractivity contribution in [1.82, 2.24) is 0 Å². The molecule has 0 radical (unpaired) electrons. The Bertz CT molecular complexity index is 608. The summed E-state index contributed by atoms with van der Waals surface area (Å²) in [7, 11) is 1.45. The van der Waals surface area contributed by atoms with Gasteiger partial charge in [-0.1, -0.05) is 19.1 Å². The van der Waals surface area contributed by atoms with Crippen LogP contribution in [0, 0.1) is 5.82 Å². The van der Waals surface area contributed by atoms with Gasteiger partial charge in [0.2, 0.25) is 0 Å². The molecule has 0 saturated heterocycles. The molecule has 2 rings (SSSR count). The maximum atomic E-state index is 13.8. The lowest BCUT2D eigenvalue weighted by Crippen LogP contribution is -2.13. The molecule has 0 fully saturated rings. The number of anilines is 1. The second kappa shape index (κ2) is 6.19. The van der Waals surface area contributed by atoms with Gasteiger partial charge in [-0.05, 0) is 36.2 Å². The van der Waals surface area contributed by atoms with Crippen LogP contribution >= 0.6 is 0 Å². The first-order chi connectivity index (χ1) is 9.63. The normalized spacial score (nSPS) is 10.2. The molecule has 2 aromatic carbocycles. The molecule has 2 aromatic rings. The number of nitrogens with one attached hydrogen (secondary N) is 1. The molecule has 0 aliphatic carbocycles. The Morgan fingerprint density at radius 3 is 2.45 bits per heavy atom. The Hall–Kier alpha value is -2.36. The molecule has 0 aliphatic rings. The van der Waals surface area contributed by atoms with Gasteiger partial charge in [0.15, 0.2) is 0 Å². The van der Waals surface area contributed by atoms with E-state index in [1.165, 1.54) is 24.8 Å². The fourth-order valence-electron chi connectivity index (χ4n) is 1.83. The number of methoxy groups -OCH3 is 1. The van der Waals surface area contributed by atoms with E-state index >= 15 is 0 Å². The van der Waals surface area contributed by atoms with Gasteiger partial charge in [-0.2, -0.15) is 0 Å². The molecule has 0 spiro atoms. The third-order valence-electron chi connectivity index (χ3n) is 3.04. The van der Waals surface area contributed by atoms with Crippen molar-refractivity contribution in [1.29, 1.82) is 0 Å². The van der Waals surface area contributed by atoms with Crippen LogP contribution in [0.5, 0.6) is 5.75 Å². The minimum atomic E-state index is -0.605. The topological polar surface area (TPSA) is 38.3 Å². The molecule has 104 valence electrons. The highest BCUT2D eigenvalue weighted by molar-refractivity contribution is 6.04. The van der Waals surface area contributed by atoms with Crippen molar-refractivity contribution in [3.05, 3.63) is 59.4 Å². The molecule has 1 N–H and O–H groups in total. The molecule has 4 heteroatoms. The Labute approximate surface area is 117 Å². The van der Waals surface area contributed by atoms with Gasteiger partial charge >= 0.3 is 0 Å². The van der Waals surface area contributed by atoms with Crippen molar-refractivity contribution in [3.8, 4) is 5.75 Å². The largest absolute Gasteiger partial charge is 0.497 e. The van der Waals surface area contributed by atoms with Crippen LogP contribution in [0.15, 0.2) is 42.5 Å². The lowest BCUT2D eigenvalue weighted by Gasteiger charge is -2.08. The van der Waals surface area contributed by atoms with E-state index in [1.54, 1.807) is 18.2 Å². The van der Waals surface area contributed by atoms with Crippen LogP contribution in [0.1, 0.15) is 22.8 Å². The molecule has 0 aliphatic heterocycles. The van der Waals surface area contributed by atoms with Crippen molar-refractivity contribution in [2.45, 2.75) is 13.3 Å². The Kier molecular flexibility index (Phi) is 4.35. The Balaban J connectivity index is 2.14. The number of hydrogen-bond donors (Lipinski definition) is 1. The van der Waals surface area contributed by atoms with Gasteiger partial charge in [0.05, 0.1) is 12.7 Å². The number of hydrogen-bond acceptors (Lipinski definition) is 2. The van der Waals surface area contributed by atoms with Crippen molar-refractivity contribution in [3.63, 3.8) is 0 Å². The van der Waals surface area contributed by atoms with E-state index in [4.69, 9.17) is 4.74 Å². The van der Waals surface area contributed by atoms with Crippen LogP contribution in [0.25, 0.3) is 0 Å². The van der Waals surface area contributed by atoms with Gasteiger partial charge in [-0.25, -0.2) is 4.39 Å². The fraction of sp³-hybridized carbons (Fsp3) is 0.188. The summed E-state index contributed by atoms with van der Waals surface area (Å²) in [5, 5.41) is 2.67. The van der Waals surface area contributed by atoms with Crippen LogP contribution in [-0.4, -0.2) is 13.0 Å². The lowest BCUT2D eigenvalue weighted by atomic mass is 10.1. The second-order valence-corrected chi connectivity index (χ2v) is 4.35. The van der Waals surface area contributed by atoms with Crippen LogP contribution in [0.3, 0.4) is 0 Å². The average Bonchev–Trinajstić information content (AvgIpc) is 2.47. The quantitative estimate of drug-likeness (QED) is 0.923. The molecule has 1 amide bonds. The highest BCUT2D eigenvalue weighted by Crippen LogP contribution is 2.18. The monoisotopic (exact) mass is 273 g/mol. The predicted molar refractivity (Wildman–Crippen MR) is 76.7 cm³/mol. The summed E-state index contributed by atoms with van der Waals surface area (Å²) in [4.78, 5) is 12.0. The molecule has 0 unspecified atom stereocenters. The first kappa shape index (κ1) is 14.1. The molecule has 20 heavy (non-hydrogen) atoms. The van der Waals surface area contributed by atoms with Gasteiger partial charge in [0.1, 0.15) is 11.6 Å². The van der Waals surface area contributed by atoms with Gasteiger partial charge in [0, 0.05) is 11.8 Å². The second-order valence-electron chi connectivity index (χ2n) is 4.35. The lowest BCUT2D eigenvalue weighted by molar-refractivity contribution is 0.102. The van der Waals surface area contributed by atoms with Gasteiger partial charge in [-0.15, -0.1) is 0 Å². The molecular weight excluding hydrogens is 257 g/mol. The van der Waals surface area contributed by atoms with E-state index in [1.807, 2.05) is 12.1 Å². The average molecular weight is 273 g/mol. The minimum absolute atomic E-state index is 0.00892. The van der Waals surface area contributed by atoms with E-state index < -0.39 is 11.7 Å². The number of halogens is 1. The summed E-state index contributed by atoms with van der Waals surface area (Å²) in [6.45, 7) is 2.06. The van der Waals surface area contributed by atoms with Crippen molar-refractivity contribution in [2.75, 3.05) is 12.4 Å². The number of benzene rings is 2. The maximum Gasteiger partial charge on any atom is 0.258 e. The third kappa shape index (κ3) is 3.15. The molecule has 0 bridgehead atoms. The molecule has 3 nitrogen and oxygen atoms in total. The first-order valence-corrected chi connectivity index (χ1v) is 6.38. The molecule has 0 saturated carbocycles. The molecular formula is C16H16FNO2. The van der Waals surface area contributed by atoms with Gasteiger partial charge in [0.25, 0.3) is 5.91 Å².